The smallest absolute Gasteiger partial charge is 0.285 e. The van der Waals surface area contributed by atoms with Crippen LogP contribution in [0.3, 0.4) is 0 Å². The van der Waals surface area contributed by atoms with Crippen LogP contribution in [0.15, 0.2) is 51.8 Å². The molecular formula is C23H27N3O3S. The third-order valence-corrected chi connectivity index (χ3v) is 7.28. The fraction of sp³-hybridized carbons (Fsp3) is 0.391. The number of fused-ring (bicyclic) bond motifs is 1. The number of carbonyl (C=O) groups excluding carboxylic acids is 1. The molecule has 0 bridgehead atoms. The topological polar surface area (TPSA) is 78.8 Å². The summed E-state index contributed by atoms with van der Waals surface area (Å²) < 4.78 is 28.7. The van der Waals surface area contributed by atoms with E-state index < -0.39 is 10.0 Å². The molecule has 0 radical (unpaired) electrons. The van der Waals surface area contributed by atoms with E-state index in [0.717, 1.165) is 16.8 Å². The van der Waals surface area contributed by atoms with Gasteiger partial charge in [-0.25, -0.2) is 0 Å². The standard InChI is InChI=1S/C23H27N3O3S/c1-15(2)18-9-6-7-16(3)21(18)24-23(27)17-11-13-26(14-12-17)22-19-8-4-5-10-20(19)30(28,29)25-22/h4-10,15,17H,11-14H2,1-3H3,(H,24,27). The highest BCUT2D eigenvalue weighted by Gasteiger charge is 2.34. The summed E-state index contributed by atoms with van der Waals surface area (Å²) in [7, 11) is -3.63. The molecule has 6 nitrogen and oxygen atoms in total. The summed E-state index contributed by atoms with van der Waals surface area (Å²) in [5.74, 6) is 0.761. The van der Waals surface area contributed by atoms with Crippen molar-refractivity contribution in [3.63, 3.8) is 0 Å². The maximum atomic E-state index is 13.0. The van der Waals surface area contributed by atoms with Crippen molar-refractivity contribution in [2.75, 3.05) is 18.4 Å². The van der Waals surface area contributed by atoms with E-state index in [9.17, 15) is 13.2 Å². The molecule has 0 saturated carbocycles. The minimum Gasteiger partial charge on any atom is -0.355 e. The number of aryl methyl sites for hydroxylation is 1. The Morgan fingerprint density at radius 2 is 1.80 bits per heavy atom. The fourth-order valence-electron chi connectivity index (χ4n) is 4.24. The van der Waals surface area contributed by atoms with E-state index in [1.54, 1.807) is 18.2 Å². The van der Waals surface area contributed by atoms with E-state index in [4.69, 9.17) is 0 Å². The molecule has 1 amide bonds. The highest BCUT2D eigenvalue weighted by atomic mass is 32.2. The van der Waals surface area contributed by atoms with Gasteiger partial charge in [0.15, 0.2) is 5.84 Å². The fourth-order valence-corrected chi connectivity index (χ4v) is 5.47. The Labute approximate surface area is 178 Å². The lowest BCUT2D eigenvalue weighted by Gasteiger charge is -2.33. The van der Waals surface area contributed by atoms with Crippen LogP contribution in [0.2, 0.25) is 0 Å². The first-order valence-electron chi connectivity index (χ1n) is 10.4. The number of amidine groups is 1. The lowest BCUT2D eigenvalue weighted by atomic mass is 9.93. The van der Waals surface area contributed by atoms with Gasteiger partial charge in [-0.15, -0.1) is 4.40 Å². The average molecular weight is 426 g/mol. The summed E-state index contributed by atoms with van der Waals surface area (Å²) in [4.78, 5) is 15.2. The van der Waals surface area contributed by atoms with Crippen LogP contribution in [0, 0.1) is 12.8 Å². The van der Waals surface area contributed by atoms with Crippen molar-refractivity contribution in [2.45, 2.75) is 44.4 Å². The Hall–Kier alpha value is -2.67. The van der Waals surface area contributed by atoms with Crippen LogP contribution < -0.4 is 5.32 Å². The molecule has 2 aliphatic heterocycles. The highest BCUT2D eigenvalue weighted by Crippen LogP contribution is 2.31. The predicted molar refractivity (Wildman–Crippen MR) is 118 cm³/mol. The van der Waals surface area contributed by atoms with Crippen molar-refractivity contribution in [1.82, 2.24) is 4.90 Å². The maximum Gasteiger partial charge on any atom is 0.285 e. The summed E-state index contributed by atoms with van der Waals surface area (Å²) >= 11 is 0. The Balaban J connectivity index is 1.46. The number of rotatable bonds is 3. The SMILES string of the molecule is Cc1cccc(C(C)C)c1NC(=O)C1CCN(C2=NS(=O)(=O)c3ccccc32)CC1. The number of sulfonamides is 1. The van der Waals surface area contributed by atoms with Gasteiger partial charge in [0.1, 0.15) is 4.90 Å². The Morgan fingerprint density at radius 1 is 1.10 bits per heavy atom. The molecule has 2 aromatic carbocycles. The molecule has 0 atom stereocenters. The van der Waals surface area contributed by atoms with Gasteiger partial charge in [-0.05, 0) is 48.9 Å². The second-order valence-corrected chi connectivity index (χ2v) is 9.90. The quantitative estimate of drug-likeness (QED) is 0.808. The monoisotopic (exact) mass is 425 g/mol. The van der Waals surface area contributed by atoms with Crippen molar-refractivity contribution in [3.05, 3.63) is 59.2 Å². The summed E-state index contributed by atoms with van der Waals surface area (Å²) in [5.41, 5.74) is 3.78. The van der Waals surface area contributed by atoms with E-state index in [1.807, 2.05) is 30.0 Å². The van der Waals surface area contributed by atoms with E-state index in [1.165, 1.54) is 0 Å². The molecule has 2 aromatic rings. The van der Waals surface area contributed by atoms with E-state index in [0.29, 0.717) is 43.2 Å². The second kappa shape index (κ2) is 7.87. The average Bonchev–Trinajstić information content (AvgIpc) is 3.00. The van der Waals surface area contributed by atoms with Gasteiger partial charge < -0.3 is 10.2 Å². The molecule has 0 spiro atoms. The van der Waals surface area contributed by atoms with Gasteiger partial charge in [0.05, 0.1) is 0 Å². The van der Waals surface area contributed by atoms with Gasteiger partial charge in [0, 0.05) is 30.3 Å². The Morgan fingerprint density at radius 3 is 2.50 bits per heavy atom. The van der Waals surface area contributed by atoms with Crippen LogP contribution in [0.25, 0.3) is 0 Å². The largest absolute Gasteiger partial charge is 0.355 e. The van der Waals surface area contributed by atoms with Gasteiger partial charge >= 0.3 is 0 Å². The first kappa shape index (κ1) is 20.6. The van der Waals surface area contributed by atoms with Crippen LogP contribution in [0.4, 0.5) is 5.69 Å². The molecule has 0 aliphatic carbocycles. The zero-order valence-corrected chi connectivity index (χ0v) is 18.4. The van der Waals surface area contributed by atoms with Gasteiger partial charge in [-0.1, -0.05) is 44.2 Å². The summed E-state index contributed by atoms with van der Waals surface area (Å²) in [6.45, 7) is 7.46. The molecule has 2 aliphatic rings. The van der Waals surface area contributed by atoms with Gasteiger partial charge in [0.25, 0.3) is 10.0 Å². The predicted octanol–water partition coefficient (Wildman–Crippen LogP) is 3.92. The number of carbonyl (C=O) groups is 1. The third-order valence-electron chi connectivity index (χ3n) is 5.95. The van der Waals surface area contributed by atoms with Crippen LogP contribution in [-0.4, -0.2) is 38.2 Å². The van der Waals surface area contributed by atoms with Crippen LogP contribution in [-0.2, 0) is 14.8 Å². The normalized spacial score (nSPS) is 18.3. The van der Waals surface area contributed by atoms with Crippen LogP contribution in [0.5, 0.6) is 0 Å². The first-order valence-corrected chi connectivity index (χ1v) is 11.8. The van der Waals surface area contributed by atoms with Crippen molar-refractivity contribution in [2.24, 2.45) is 10.3 Å². The number of piperidine rings is 1. The number of amides is 1. The summed E-state index contributed by atoms with van der Waals surface area (Å²) in [6, 6.07) is 13.0. The number of hydrogen-bond donors (Lipinski definition) is 1. The van der Waals surface area contributed by atoms with Crippen LogP contribution in [0.1, 0.15) is 49.3 Å². The first-order chi connectivity index (χ1) is 14.3. The number of nitrogens with one attached hydrogen (secondary N) is 1. The van der Waals surface area contributed by atoms with Crippen molar-refractivity contribution < 1.29 is 13.2 Å². The molecule has 30 heavy (non-hydrogen) atoms. The molecule has 0 unspecified atom stereocenters. The highest BCUT2D eigenvalue weighted by molar-refractivity contribution is 7.90. The van der Waals surface area contributed by atoms with E-state index >= 15 is 0 Å². The summed E-state index contributed by atoms with van der Waals surface area (Å²) in [5, 5.41) is 3.16. The minimum atomic E-state index is -3.63. The molecule has 1 saturated heterocycles. The number of para-hydroxylation sites is 1. The lowest BCUT2D eigenvalue weighted by Crippen LogP contribution is -2.41. The molecule has 1 fully saturated rings. The molecule has 158 valence electrons. The van der Waals surface area contributed by atoms with E-state index in [2.05, 4.69) is 29.6 Å². The summed E-state index contributed by atoms with van der Waals surface area (Å²) in [6.07, 6.45) is 1.33. The Bertz CT molecular complexity index is 1110. The van der Waals surface area contributed by atoms with Gasteiger partial charge in [0.2, 0.25) is 5.91 Å². The zero-order chi connectivity index (χ0) is 21.5. The number of benzene rings is 2. The number of nitrogens with zero attached hydrogens (tertiary/aromatic N) is 2. The molecular weight excluding hydrogens is 398 g/mol. The van der Waals surface area contributed by atoms with Crippen molar-refractivity contribution >= 4 is 27.5 Å². The molecule has 0 aromatic heterocycles. The lowest BCUT2D eigenvalue weighted by molar-refractivity contribution is -0.121. The van der Waals surface area contributed by atoms with Crippen molar-refractivity contribution in [3.8, 4) is 0 Å². The molecule has 1 N–H and O–H groups in total. The number of hydrogen-bond acceptors (Lipinski definition) is 4. The minimum absolute atomic E-state index is 0.0345. The second-order valence-electron chi connectivity index (χ2n) is 8.33. The maximum absolute atomic E-state index is 13.0. The van der Waals surface area contributed by atoms with Gasteiger partial charge in [-0.2, -0.15) is 8.42 Å². The van der Waals surface area contributed by atoms with E-state index in [-0.39, 0.29) is 16.7 Å². The van der Waals surface area contributed by atoms with Gasteiger partial charge in [-0.3, -0.25) is 4.79 Å². The number of likely N-dealkylation sites (tertiary alicyclic amines) is 1. The molecule has 4 rings (SSSR count). The zero-order valence-electron chi connectivity index (χ0n) is 17.6. The Kier molecular flexibility index (Phi) is 5.40. The number of anilines is 1. The van der Waals surface area contributed by atoms with Crippen LogP contribution >= 0.6 is 0 Å². The third kappa shape index (κ3) is 3.74. The molecule has 7 heteroatoms. The van der Waals surface area contributed by atoms with Crippen molar-refractivity contribution in [1.29, 1.82) is 0 Å². The molecule has 2 heterocycles.